The maximum absolute atomic E-state index is 10.7. The SMILES string of the molecule is Cc1ccc2cc(C3(O)CCC(C)C3)ccc2n1. The molecule has 1 heterocycles. The normalized spacial score (nSPS) is 27.8. The first-order valence-electron chi connectivity index (χ1n) is 6.67. The summed E-state index contributed by atoms with van der Waals surface area (Å²) in [6, 6.07) is 10.3. The Hall–Kier alpha value is -1.41. The average Bonchev–Trinajstić information content (AvgIpc) is 2.70. The molecule has 1 aliphatic rings. The molecule has 0 saturated heterocycles. The minimum Gasteiger partial charge on any atom is -0.385 e. The number of pyridine rings is 1. The van der Waals surface area contributed by atoms with Gasteiger partial charge in [0.2, 0.25) is 0 Å². The molecular formula is C16H19NO. The molecule has 2 unspecified atom stereocenters. The molecule has 18 heavy (non-hydrogen) atoms. The lowest BCUT2D eigenvalue weighted by Crippen LogP contribution is -2.21. The third kappa shape index (κ3) is 1.91. The standard InChI is InChI=1S/C16H19NO/c1-11-7-8-16(18,10-11)14-5-6-15-13(9-14)4-3-12(2)17-15/h3-6,9,11,18H,7-8,10H2,1-2H3. The highest BCUT2D eigenvalue weighted by atomic mass is 16.3. The van der Waals surface area contributed by atoms with Gasteiger partial charge in [0, 0.05) is 11.1 Å². The molecule has 3 rings (SSSR count). The number of rotatable bonds is 1. The van der Waals surface area contributed by atoms with Gasteiger partial charge in [-0.3, -0.25) is 4.98 Å². The molecule has 1 aliphatic carbocycles. The zero-order valence-corrected chi connectivity index (χ0v) is 11.0. The van der Waals surface area contributed by atoms with Crippen LogP contribution >= 0.6 is 0 Å². The van der Waals surface area contributed by atoms with Gasteiger partial charge in [0.25, 0.3) is 0 Å². The molecule has 0 radical (unpaired) electrons. The third-order valence-electron chi connectivity index (χ3n) is 4.10. The van der Waals surface area contributed by atoms with Gasteiger partial charge in [-0.15, -0.1) is 0 Å². The minimum atomic E-state index is -0.626. The number of aryl methyl sites for hydroxylation is 1. The minimum absolute atomic E-state index is 0.613. The summed E-state index contributed by atoms with van der Waals surface area (Å²) in [6.45, 7) is 4.21. The van der Waals surface area contributed by atoms with Crippen molar-refractivity contribution < 1.29 is 5.11 Å². The highest BCUT2D eigenvalue weighted by molar-refractivity contribution is 5.79. The summed E-state index contributed by atoms with van der Waals surface area (Å²) in [5.74, 6) is 0.613. The fraction of sp³-hybridized carbons (Fsp3) is 0.438. The molecule has 2 atom stereocenters. The van der Waals surface area contributed by atoms with Crippen molar-refractivity contribution in [3.05, 3.63) is 41.6 Å². The summed E-state index contributed by atoms with van der Waals surface area (Å²) in [5, 5.41) is 11.8. The summed E-state index contributed by atoms with van der Waals surface area (Å²) < 4.78 is 0. The lowest BCUT2D eigenvalue weighted by molar-refractivity contribution is 0.0409. The number of nitrogens with zero attached hydrogens (tertiary/aromatic N) is 1. The van der Waals surface area contributed by atoms with Crippen LogP contribution in [0.25, 0.3) is 10.9 Å². The zero-order valence-electron chi connectivity index (χ0n) is 11.0. The first-order valence-corrected chi connectivity index (χ1v) is 6.67. The van der Waals surface area contributed by atoms with E-state index in [0.717, 1.165) is 41.4 Å². The first kappa shape index (κ1) is 11.7. The van der Waals surface area contributed by atoms with Crippen LogP contribution in [-0.2, 0) is 5.60 Å². The Morgan fingerprint density at radius 1 is 1.28 bits per heavy atom. The van der Waals surface area contributed by atoms with Gasteiger partial charge >= 0.3 is 0 Å². The van der Waals surface area contributed by atoms with E-state index in [1.807, 2.05) is 25.1 Å². The Kier molecular flexibility index (Phi) is 2.63. The molecule has 94 valence electrons. The van der Waals surface area contributed by atoms with Gasteiger partial charge in [-0.25, -0.2) is 0 Å². The van der Waals surface area contributed by atoms with Crippen LogP contribution < -0.4 is 0 Å². The van der Waals surface area contributed by atoms with E-state index in [-0.39, 0.29) is 0 Å². The van der Waals surface area contributed by atoms with Crippen LogP contribution in [0.3, 0.4) is 0 Å². The van der Waals surface area contributed by atoms with Crippen molar-refractivity contribution in [2.45, 2.75) is 38.7 Å². The molecule has 0 aliphatic heterocycles. The molecule has 2 aromatic rings. The molecule has 0 spiro atoms. The Morgan fingerprint density at radius 2 is 2.11 bits per heavy atom. The van der Waals surface area contributed by atoms with Gasteiger partial charge < -0.3 is 5.11 Å². The van der Waals surface area contributed by atoms with Gasteiger partial charge in [-0.05, 0) is 55.9 Å². The van der Waals surface area contributed by atoms with Gasteiger partial charge in [-0.2, -0.15) is 0 Å². The molecule has 0 amide bonds. The molecular weight excluding hydrogens is 222 g/mol. The summed E-state index contributed by atoms with van der Waals surface area (Å²) >= 11 is 0. The second-order valence-corrected chi connectivity index (χ2v) is 5.74. The van der Waals surface area contributed by atoms with Crippen LogP contribution in [0.2, 0.25) is 0 Å². The molecule has 2 nitrogen and oxygen atoms in total. The van der Waals surface area contributed by atoms with E-state index in [1.165, 1.54) is 0 Å². The van der Waals surface area contributed by atoms with Crippen molar-refractivity contribution in [1.82, 2.24) is 4.98 Å². The van der Waals surface area contributed by atoms with E-state index in [0.29, 0.717) is 5.92 Å². The van der Waals surface area contributed by atoms with Gasteiger partial charge in [0.1, 0.15) is 0 Å². The number of fused-ring (bicyclic) bond motifs is 1. The molecule has 1 N–H and O–H groups in total. The predicted octanol–water partition coefficient (Wildman–Crippen LogP) is 3.55. The van der Waals surface area contributed by atoms with Crippen LogP contribution in [0.15, 0.2) is 30.3 Å². The van der Waals surface area contributed by atoms with E-state index < -0.39 is 5.60 Å². The van der Waals surface area contributed by atoms with Crippen LogP contribution in [0.5, 0.6) is 0 Å². The van der Waals surface area contributed by atoms with Gasteiger partial charge in [0.15, 0.2) is 0 Å². The molecule has 0 bridgehead atoms. The van der Waals surface area contributed by atoms with E-state index in [2.05, 4.69) is 24.0 Å². The second kappa shape index (κ2) is 4.06. The number of hydrogen-bond donors (Lipinski definition) is 1. The summed E-state index contributed by atoms with van der Waals surface area (Å²) in [7, 11) is 0. The number of aliphatic hydroxyl groups is 1. The quantitative estimate of drug-likeness (QED) is 0.828. The van der Waals surface area contributed by atoms with Crippen molar-refractivity contribution in [2.75, 3.05) is 0 Å². The number of hydrogen-bond acceptors (Lipinski definition) is 2. The fourth-order valence-corrected chi connectivity index (χ4v) is 3.04. The molecule has 2 heteroatoms. The van der Waals surface area contributed by atoms with Crippen LogP contribution in [0.1, 0.15) is 37.4 Å². The largest absolute Gasteiger partial charge is 0.385 e. The van der Waals surface area contributed by atoms with Crippen LogP contribution in [0.4, 0.5) is 0 Å². The van der Waals surface area contributed by atoms with Gasteiger partial charge in [-0.1, -0.05) is 19.1 Å². The Balaban J connectivity index is 2.06. The van der Waals surface area contributed by atoms with E-state index in [1.54, 1.807) is 0 Å². The topological polar surface area (TPSA) is 33.1 Å². The Morgan fingerprint density at radius 3 is 2.83 bits per heavy atom. The van der Waals surface area contributed by atoms with E-state index in [9.17, 15) is 5.11 Å². The maximum atomic E-state index is 10.7. The monoisotopic (exact) mass is 241 g/mol. The van der Waals surface area contributed by atoms with E-state index >= 15 is 0 Å². The van der Waals surface area contributed by atoms with Crippen molar-refractivity contribution in [3.63, 3.8) is 0 Å². The molecule has 1 aromatic carbocycles. The zero-order chi connectivity index (χ0) is 12.8. The summed E-state index contributed by atoms with van der Waals surface area (Å²) in [6.07, 6.45) is 2.86. The smallest absolute Gasteiger partial charge is 0.0899 e. The van der Waals surface area contributed by atoms with Crippen molar-refractivity contribution >= 4 is 10.9 Å². The highest BCUT2D eigenvalue weighted by Gasteiger charge is 2.36. The average molecular weight is 241 g/mol. The lowest BCUT2D eigenvalue weighted by Gasteiger charge is -2.23. The van der Waals surface area contributed by atoms with E-state index in [4.69, 9.17) is 0 Å². The van der Waals surface area contributed by atoms with Crippen molar-refractivity contribution in [3.8, 4) is 0 Å². The Labute approximate surface area is 108 Å². The number of aromatic nitrogens is 1. The van der Waals surface area contributed by atoms with Crippen LogP contribution in [0, 0.1) is 12.8 Å². The Bertz CT molecular complexity index is 593. The first-order chi connectivity index (χ1) is 8.57. The highest BCUT2D eigenvalue weighted by Crippen LogP contribution is 2.42. The maximum Gasteiger partial charge on any atom is 0.0899 e. The van der Waals surface area contributed by atoms with Crippen molar-refractivity contribution in [1.29, 1.82) is 0 Å². The van der Waals surface area contributed by atoms with Crippen molar-refractivity contribution in [2.24, 2.45) is 5.92 Å². The summed E-state index contributed by atoms with van der Waals surface area (Å²) in [4.78, 5) is 4.50. The second-order valence-electron chi connectivity index (χ2n) is 5.74. The third-order valence-corrected chi connectivity index (χ3v) is 4.10. The van der Waals surface area contributed by atoms with Crippen LogP contribution in [-0.4, -0.2) is 10.1 Å². The predicted molar refractivity (Wildman–Crippen MR) is 73.4 cm³/mol. The number of benzene rings is 1. The molecule has 1 fully saturated rings. The molecule has 1 aromatic heterocycles. The fourth-order valence-electron chi connectivity index (χ4n) is 3.04. The molecule has 1 saturated carbocycles. The van der Waals surface area contributed by atoms with Gasteiger partial charge in [0.05, 0.1) is 11.1 Å². The lowest BCUT2D eigenvalue weighted by atomic mass is 9.90. The summed E-state index contributed by atoms with van der Waals surface area (Å²) in [5.41, 5.74) is 2.46.